The number of halogens is 3. The summed E-state index contributed by atoms with van der Waals surface area (Å²) in [5.41, 5.74) is 1.52. The first-order valence-electron chi connectivity index (χ1n) is 8.08. The van der Waals surface area contributed by atoms with E-state index >= 15 is 0 Å². The number of carbonyl (C=O) groups is 3. The van der Waals surface area contributed by atoms with Crippen molar-refractivity contribution in [2.24, 2.45) is 5.92 Å². The molecule has 26 heavy (non-hydrogen) atoms. The molecule has 1 aromatic carbocycles. The van der Waals surface area contributed by atoms with Crippen LogP contribution in [0.1, 0.15) is 24.1 Å². The van der Waals surface area contributed by atoms with Gasteiger partial charge in [0.05, 0.1) is 0 Å². The lowest BCUT2D eigenvalue weighted by atomic mass is 9.98. The minimum atomic E-state index is -4.56. The molecule has 2 atom stereocenters. The Bertz CT molecular complexity index is 706. The van der Waals surface area contributed by atoms with Crippen molar-refractivity contribution in [3.63, 3.8) is 0 Å². The van der Waals surface area contributed by atoms with Gasteiger partial charge in [-0.15, -0.1) is 0 Å². The highest BCUT2D eigenvalue weighted by molar-refractivity contribution is 6.01. The number of hydrogen-bond acceptors (Lipinski definition) is 3. The Balaban J connectivity index is 2.13. The van der Waals surface area contributed by atoms with Crippen molar-refractivity contribution in [3.8, 4) is 0 Å². The Labute approximate surface area is 148 Å². The number of fused-ring (bicyclic) bond motifs is 1. The van der Waals surface area contributed by atoms with Crippen LogP contribution in [0.25, 0.3) is 0 Å². The molecule has 1 aliphatic heterocycles. The van der Waals surface area contributed by atoms with E-state index in [1.807, 2.05) is 12.1 Å². The summed E-state index contributed by atoms with van der Waals surface area (Å²) in [5, 5.41) is 4.17. The second-order valence-electron chi connectivity index (χ2n) is 6.20. The van der Waals surface area contributed by atoms with Crippen LogP contribution in [0.5, 0.6) is 0 Å². The molecule has 1 heterocycles. The summed E-state index contributed by atoms with van der Waals surface area (Å²) in [4.78, 5) is 38.1. The summed E-state index contributed by atoms with van der Waals surface area (Å²) in [6.07, 6.45) is -3.95. The number of amides is 3. The molecule has 2 N–H and O–H groups in total. The van der Waals surface area contributed by atoms with E-state index in [9.17, 15) is 27.6 Å². The van der Waals surface area contributed by atoms with Crippen LogP contribution in [0, 0.1) is 5.92 Å². The average Bonchev–Trinajstić information content (AvgIpc) is 2.70. The van der Waals surface area contributed by atoms with E-state index in [1.54, 1.807) is 24.5 Å². The lowest BCUT2D eigenvalue weighted by Gasteiger charge is -2.23. The van der Waals surface area contributed by atoms with Crippen molar-refractivity contribution < 1.29 is 27.6 Å². The second-order valence-corrected chi connectivity index (χ2v) is 6.20. The molecule has 142 valence electrons. The third-order valence-electron chi connectivity index (χ3n) is 4.24. The summed E-state index contributed by atoms with van der Waals surface area (Å²) < 4.78 is 36.6. The van der Waals surface area contributed by atoms with Gasteiger partial charge in [0.2, 0.25) is 17.7 Å². The van der Waals surface area contributed by atoms with Crippen LogP contribution in [-0.2, 0) is 20.8 Å². The number of nitrogens with zero attached hydrogens (tertiary/aromatic N) is 1. The minimum absolute atomic E-state index is 0.341. The molecule has 2 rings (SSSR count). The van der Waals surface area contributed by atoms with Crippen molar-refractivity contribution in [1.29, 1.82) is 0 Å². The fourth-order valence-corrected chi connectivity index (χ4v) is 2.66. The molecular formula is C17H20F3N3O3. The van der Waals surface area contributed by atoms with Gasteiger partial charge in [-0.2, -0.15) is 13.2 Å². The smallest absolute Gasteiger partial charge is 0.346 e. The molecule has 0 spiro atoms. The Morgan fingerprint density at radius 3 is 2.58 bits per heavy atom. The maximum absolute atomic E-state index is 12.6. The Morgan fingerprint density at radius 1 is 1.27 bits per heavy atom. The van der Waals surface area contributed by atoms with Gasteiger partial charge in [0.25, 0.3) is 0 Å². The minimum Gasteiger partial charge on any atom is -0.346 e. The molecule has 6 nitrogen and oxygen atoms in total. The molecule has 1 aromatic rings. The standard InChI is InChI=1S/C17H20F3N3O3/c1-10(14(24)21-9-17(18,19)20)15(25)22-13-12-6-4-3-5-11(12)7-8-23(2)16(13)26/h3-6,10,13H,7-9H2,1-2H3,(H,21,24)(H,22,25)/t10-,13+/m0/s1. The zero-order valence-corrected chi connectivity index (χ0v) is 14.4. The zero-order chi connectivity index (χ0) is 19.5. The number of carbonyl (C=O) groups excluding carboxylic acids is 3. The van der Waals surface area contributed by atoms with E-state index in [2.05, 4.69) is 5.32 Å². The highest BCUT2D eigenvalue weighted by Crippen LogP contribution is 2.24. The number of rotatable bonds is 4. The zero-order valence-electron chi connectivity index (χ0n) is 14.4. The van der Waals surface area contributed by atoms with Gasteiger partial charge >= 0.3 is 6.18 Å². The highest BCUT2D eigenvalue weighted by atomic mass is 19.4. The Morgan fingerprint density at radius 2 is 1.92 bits per heavy atom. The largest absolute Gasteiger partial charge is 0.405 e. The molecule has 1 aliphatic rings. The number of hydrogen-bond donors (Lipinski definition) is 2. The first-order valence-corrected chi connectivity index (χ1v) is 8.08. The maximum atomic E-state index is 12.6. The average molecular weight is 371 g/mol. The maximum Gasteiger partial charge on any atom is 0.405 e. The van der Waals surface area contributed by atoms with Crippen LogP contribution in [0.15, 0.2) is 24.3 Å². The first kappa shape index (κ1) is 19.7. The van der Waals surface area contributed by atoms with Gasteiger partial charge in [0.1, 0.15) is 18.5 Å². The lowest BCUT2D eigenvalue weighted by molar-refractivity contribution is -0.145. The monoisotopic (exact) mass is 371 g/mol. The normalized spacial score (nSPS) is 18.6. The summed E-state index contributed by atoms with van der Waals surface area (Å²) in [7, 11) is 1.60. The topological polar surface area (TPSA) is 78.5 Å². The van der Waals surface area contributed by atoms with E-state index in [4.69, 9.17) is 0 Å². The molecule has 0 bridgehead atoms. The fourth-order valence-electron chi connectivity index (χ4n) is 2.66. The van der Waals surface area contributed by atoms with E-state index in [-0.39, 0.29) is 5.91 Å². The van der Waals surface area contributed by atoms with E-state index < -0.39 is 36.5 Å². The van der Waals surface area contributed by atoms with Gasteiger partial charge in [-0.05, 0) is 24.5 Å². The Kier molecular flexibility index (Phi) is 5.89. The van der Waals surface area contributed by atoms with Crippen LogP contribution in [0.2, 0.25) is 0 Å². The number of alkyl halides is 3. The third kappa shape index (κ3) is 4.74. The van der Waals surface area contributed by atoms with Gasteiger partial charge < -0.3 is 15.5 Å². The number of benzene rings is 1. The molecular weight excluding hydrogens is 351 g/mol. The summed E-state index contributed by atoms with van der Waals surface area (Å²) in [6, 6.07) is 6.13. The van der Waals surface area contributed by atoms with Gasteiger partial charge in [0, 0.05) is 13.6 Å². The van der Waals surface area contributed by atoms with E-state index in [0.717, 1.165) is 5.56 Å². The number of nitrogens with one attached hydrogen (secondary N) is 2. The van der Waals surface area contributed by atoms with Gasteiger partial charge in [-0.1, -0.05) is 24.3 Å². The lowest BCUT2D eigenvalue weighted by Crippen LogP contribution is -2.46. The van der Waals surface area contributed by atoms with Gasteiger partial charge in [0.15, 0.2) is 0 Å². The van der Waals surface area contributed by atoms with Crippen molar-refractivity contribution in [1.82, 2.24) is 15.5 Å². The Hall–Kier alpha value is -2.58. The molecule has 0 saturated carbocycles. The molecule has 9 heteroatoms. The second kappa shape index (κ2) is 7.76. The molecule has 3 amide bonds. The molecule has 0 unspecified atom stereocenters. The first-order chi connectivity index (χ1) is 12.1. The summed E-state index contributed by atoms with van der Waals surface area (Å²) in [6.45, 7) is 0.152. The van der Waals surface area contributed by atoms with Gasteiger partial charge in [-0.3, -0.25) is 14.4 Å². The van der Waals surface area contributed by atoms with Crippen LogP contribution in [-0.4, -0.2) is 48.9 Å². The molecule has 0 fully saturated rings. The van der Waals surface area contributed by atoms with Crippen molar-refractivity contribution in [2.45, 2.75) is 25.6 Å². The van der Waals surface area contributed by atoms with Crippen molar-refractivity contribution >= 4 is 17.7 Å². The predicted molar refractivity (Wildman–Crippen MR) is 86.9 cm³/mol. The molecule has 0 aromatic heterocycles. The number of likely N-dealkylation sites (N-methyl/N-ethyl adjacent to an activating group) is 1. The summed E-state index contributed by atoms with van der Waals surface area (Å²) in [5.74, 6) is -3.58. The van der Waals surface area contributed by atoms with E-state index in [0.29, 0.717) is 18.5 Å². The molecule has 0 aliphatic carbocycles. The van der Waals surface area contributed by atoms with Crippen molar-refractivity contribution in [2.75, 3.05) is 20.1 Å². The fraction of sp³-hybridized carbons (Fsp3) is 0.471. The van der Waals surface area contributed by atoms with Crippen LogP contribution >= 0.6 is 0 Å². The van der Waals surface area contributed by atoms with Gasteiger partial charge in [-0.25, -0.2) is 0 Å². The molecule has 0 radical (unpaired) electrons. The van der Waals surface area contributed by atoms with Crippen LogP contribution < -0.4 is 10.6 Å². The third-order valence-corrected chi connectivity index (χ3v) is 4.24. The molecule has 0 saturated heterocycles. The predicted octanol–water partition coefficient (Wildman–Crippen LogP) is 1.17. The quantitative estimate of drug-likeness (QED) is 0.780. The SMILES string of the molecule is C[C@@H](C(=O)NCC(F)(F)F)C(=O)N[C@H]1C(=O)N(C)CCc2ccccc21. The summed E-state index contributed by atoms with van der Waals surface area (Å²) >= 11 is 0. The highest BCUT2D eigenvalue weighted by Gasteiger charge is 2.34. The van der Waals surface area contributed by atoms with Crippen LogP contribution in [0.3, 0.4) is 0 Å². The van der Waals surface area contributed by atoms with Crippen molar-refractivity contribution in [3.05, 3.63) is 35.4 Å². The van der Waals surface area contributed by atoms with E-state index in [1.165, 1.54) is 11.8 Å². The van der Waals surface area contributed by atoms with Crippen LogP contribution in [0.4, 0.5) is 13.2 Å².